The van der Waals surface area contributed by atoms with Gasteiger partial charge in [-0.05, 0) is 6.92 Å². The van der Waals surface area contributed by atoms with E-state index in [2.05, 4.69) is 9.05 Å². The summed E-state index contributed by atoms with van der Waals surface area (Å²) < 4.78 is 26.2. The summed E-state index contributed by atoms with van der Waals surface area (Å²) in [5.74, 6) is -2.32. The monoisotopic (exact) mass is 286 g/mol. The molecule has 8 nitrogen and oxygen atoms in total. The maximum atomic E-state index is 11.9. The Labute approximate surface area is 105 Å². The van der Waals surface area contributed by atoms with E-state index >= 15 is 0 Å². The number of hydrogen-bond donors (Lipinski definition) is 4. The normalized spacial score (nSPS) is 41.9. The lowest BCUT2D eigenvalue weighted by atomic mass is 9.94. The predicted octanol–water partition coefficient (Wildman–Crippen LogP) is -1.34. The highest BCUT2D eigenvalue weighted by Gasteiger charge is 2.54. The first-order valence-electron chi connectivity index (χ1n) is 5.34. The molecule has 108 valence electrons. The lowest BCUT2D eigenvalue weighted by molar-refractivity contribution is -0.333. The van der Waals surface area contributed by atoms with Gasteiger partial charge in [0.15, 0.2) is 0 Å². The molecule has 4 N–H and O–H groups in total. The van der Waals surface area contributed by atoms with Crippen LogP contribution in [0.5, 0.6) is 0 Å². The van der Waals surface area contributed by atoms with Crippen molar-refractivity contribution in [3.8, 4) is 0 Å². The Kier molecular flexibility index (Phi) is 4.91. The fourth-order valence-electron chi connectivity index (χ4n) is 1.80. The van der Waals surface area contributed by atoms with E-state index in [4.69, 9.17) is 4.74 Å². The molecule has 0 aromatic carbocycles. The second-order valence-corrected chi connectivity index (χ2v) is 6.50. The second kappa shape index (κ2) is 5.52. The summed E-state index contributed by atoms with van der Waals surface area (Å²) >= 11 is 0. The molecule has 0 amide bonds. The lowest BCUT2D eigenvalue weighted by Crippen LogP contribution is -2.65. The van der Waals surface area contributed by atoms with E-state index in [0.717, 1.165) is 14.2 Å². The van der Waals surface area contributed by atoms with E-state index in [9.17, 15) is 25.0 Å². The van der Waals surface area contributed by atoms with Gasteiger partial charge in [0.05, 0.1) is 6.10 Å². The molecule has 0 aliphatic carbocycles. The Morgan fingerprint density at radius 2 is 1.72 bits per heavy atom. The van der Waals surface area contributed by atoms with Gasteiger partial charge in [-0.3, -0.25) is 4.57 Å². The molecule has 1 fully saturated rings. The van der Waals surface area contributed by atoms with Crippen molar-refractivity contribution in [1.29, 1.82) is 0 Å². The van der Waals surface area contributed by atoms with Crippen LogP contribution in [0.15, 0.2) is 0 Å². The van der Waals surface area contributed by atoms with Crippen LogP contribution in [0.3, 0.4) is 0 Å². The van der Waals surface area contributed by atoms with Gasteiger partial charge in [-0.1, -0.05) is 0 Å². The average Bonchev–Trinajstić information content (AvgIpc) is 2.34. The van der Waals surface area contributed by atoms with Gasteiger partial charge in [0.2, 0.25) is 5.79 Å². The predicted molar refractivity (Wildman–Crippen MR) is 60.0 cm³/mol. The van der Waals surface area contributed by atoms with Crippen LogP contribution in [-0.2, 0) is 18.3 Å². The van der Waals surface area contributed by atoms with Crippen LogP contribution in [-0.4, -0.2) is 71.0 Å². The average molecular weight is 286 g/mol. The third-order valence-corrected chi connectivity index (χ3v) is 4.94. The van der Waals surface area contributed by atoms with Crippen molar-refractivity contribution in [3.05, 3.63) is 0 Å². The fraction of sp³-hybridized carbons (Fsp3) is 1.00. The molecule has 1 rings (SSSR count). The van der Waals surface area contributed by atoms with Gasteiger partial charge in [-0.2, -0.15) is 0 Å². The maximum absolute atomic E-state index is 11.9. The molecular formula is C9H19O8P. The van der Waals surface area contributed by atoms with Gasteiger partial charge in [-0.15, -0.1) is 0 Å². The minimum atomic E-state index is -3.65. The molecule has 0 radical (unpaired) electrons. The molecule has 1 aliphatic rings. The number of aliphatic hydroxyl groups excluding tert-OH is 3. The van der Waals surface area contributed by atoms with Gasteiger partial charge in [0, 0.05) is 14.2 Å². The summed E-state index contributed by atoms with van der Waals surface area (Å²) in [5.41, 5.74) is 0. The Hall–Kier alpha value is -0.0500. The smallest absolute Gasteiger partial charge is 0.335 e. The van der Waals surface area contributed by atoms with E-state index in [1.165, 1.54) is 6.92 Å². The van der Waals surface area contributed by atoms with E-state index in [-0.39, 0.29) is 0 Å². The van der Waals surface area contributed by atoms with Crippen LogP contribution in [0.1, 0.15) is 6.92 Å². The second-order valence-electron chi connectivity index (χ2n) is 4.23. The largest absolute Gasteiger partial charge is 0.388 e. The summed E-state index contributed by atoms with van der Waals surface area (Å²) in [7, 11) is -1.41. The Balaban J connectivity index is 2.94. The van der Waals surface area contributed by atoms with Gasteiger partial charge >= 0.3 is 7.60 Å². The van der Waals surface area contributed by atoms with E-state index in [1.54, 1.807) is 0 Å². The Morgan fingerprint density at radius 3 is 2.17 bits per heavy atom. The molecule has 9 heteroatoms. The molecular weight excluding hydrogens is 267 g/mol. The third-order valence-electron chi connectivity index (χ3n) is 2.98. The Bertz CT molecular complexity index is 329. The standard InChI is InChI=1S/C9H19O8P/c1-5-6(10)7(11)8(12)9(13,17-5)4-18(14,15-2)16-3/h5-8,10-13H,4H2,1-3H3/t5-,6-,7+,8+,9+/m0/s1. The van der Waals surface area contributed by atoms with Crippen LogP contribution in [0.4, 0.5) is 0 Å². The van der Waals surface area contributed by atoms with Crippen LogP contribution >= 0.6 is 7.60 Å². The van der Waals surface area contributed by atoms with Crippen molar-refractivity contribution in [2.75, 3.05) is 20.4 Å². The molecule has 18 heavy (non-hydrogen) atoms. The molecule has 0 aromatic heterocycles. The van der Waals surface area contributed by atoms with Gasteiger partial charge < -0.3 is 34.2 Å². The van der Waals surface area contributed by atoms with Crippen molar-refractivity contribution < 1.29 is 38.8 Å². The minimum absolute atomic E-state index is 0.664. The molecule has 0 bridgehead atoms. The summed E-state index contributed by atoms with van der Waals surface area (Å²) in [6.07, 6.45) is -6.43. The molecule has 5 atom stereocenters. The van der Waals surface area contributed by atoms with Gasteiger partial charge in [0.1, 0.15) is 24.5 Å². The number of rotatable bonds is 4. The zero-order chi connectivity index (χ0) is 14.1. The number of ether oxygens (including phenoxy) is 1. The third kappa shape index (κ3) is 2.92. The molecule has 1 heterocycles. The fourth-order valence-corrected chi connectivity index (χ4v) is 3.03. The maximum Gasteiger partial charge on any atom is 0.335 e. The lowest BCUT2D eigenvalue weighted by Gasteiger charge is -2.45. The SMILES string of the molecule is COP(=O)(C[C@@]1(O)O[C@@H](C)[C@H](O)[C@@H](O)[C@H]1O)OC. The van der Waals surface area contributed by atoms with Crippen molar-refractivity contribution in [1.82, 2.24) is 0 Å². The Morgan fingerprint density at radius 1 is 1.22 bits per heavy atom. The van der Waals surface area contributed by atoms with Crippen molar-refractivity contribution in [2.45, 2.75) is 37.1 Å². The molecule has 0 aromatic rings. The first-order chi connectivity index (χ1) is 8.19. The molecule has 0 spiro atoms. The topological polar surface area (TPSA) is 126 Å². The first kappa shape index (κ1) is 16.0. The zero-order valence-corrected chi connectivity index (χ0v) is 11.3. The quantitative estimate of drug-likeness (QED) is 0.468. The summed E-state index contributed by atoms with van der Waals surface area (Å²) in [6, 6.07) is 0. The van der Waals surface area contributed by atoms with Crippen LogP contribution in [0.2, 0.25) is 0 Å². The summed E-state index contributed by atoms with van der Waals surface area (Å²) in [5, 5.41) is 38.9. The van der Waals surface area contributed by atoms with Crippen LogP contribution < -0.4 is 0 Å². The molecule has 1 aliphatic heterocycles. The minimum Gasteiger partial charge on any atom is -0.388 e. The highest BCUT2D eigenvalue weighted by molar-refractivity contribution is 7.53. The molecule has 0 saturated carbocycles. The number of hydrogen-bond acceptors (Lipinski definition) is 8. The summed E-state index contributed by atoms with van der Waals surface area (Å²) in [4.78, 5) is 0. The van der Waals surface area contributed by atoms with Crippen molar-refractivity contribution in [2.24, 2.45) is 0 Å². The first-order valence-corrected chi connectivity index (χ1v) is 7.07. The van der Waals surface area contributed by atoms with Crippen molar-refractivity contribution in [3.63, 3.8) is 0 Å². The molecule has 0 unspecified atom stereocenters. The van der Waals surface area contributed by atoms with E-state index < -0.39 is 44.0 Å². The van der Waals surface area contributed by atoms with Crippen molar-refractivity contribution >= 4 is 7.60 Å². The van der Waals surface area contributed by atoms with E-state index in [0.29, 0.717) is 0 Å². The highest BCUT2D eigenvalue weighted by Crippen LogP contribution is 2.50. The van der Waals surface area contributed by atoms with Gasteiger partial charge in [0.25, 0.3) is 0 Å². The summed E-state index contributed by atoms with van der Waals surface area (Å²) in [6.45, 7) is 1.40. The molecule has 1 saturated heterocycles. The van der Waals surface area contributed by atoms with Crippen LogP contribution in [0.25, 0.3) is 0 Å². The highest BCUT2D eigenvalue weighted by atomic mass is 31.2. The van der Waals surface area contributed by atoms with E-state index in [1.807, 2.05) is 0 Å². The number of aliphatic hydroxyl groups is 4. The van der Waals surface area contributed by atoms with Crippen LogP contribution in [0, 0.1) is 0 Å². The van der Waals surface area contributed by atoms with Gasteiger partial charge in [-0.25, -0.2) is 0 Å². The zero-order valence-electron chi connectivity index (χ0n) is 10.4.